The summed E-state index contributed by atoms with van der Waals surface area (Å²) in [6.07, 6.45) is -1.35. The van der Waals surface area contributed by atoms with Crippen molar-refractivity contribution >= 4 is 11.6 Å². The van der Waals surface area contributed by atoms with E-state index in [1.165, 1.54) is 11.8 Å². The second kappa shape index (κ2) is 9.66. The number of piperidine rings is 1. The lowest BCUT2D eigenvalue weighted by molar-refractivity contribution is -0.138. The summed E-state index contributed by atoms with van der Waals surface area (Å²) in [6, 6.07) is 10.1. The van der Waals surface area contributed by atoms with Crippen molar-refractivity contribution < 1.29 is 27.1 Å². The van der Waals surface area contributed by atoms with Gasteiger partial charge in [-0.3, -0.25) is 9.69 Å². The van der Waals surface area contributed by atoms with Gasteiger partial charge in [-0.1, -0.05) is 12.1 Å². The second-order valence-electron chi connectivity index (χ2n) is 11.6. The second-order valence-corrected chi connectivity index (χ2v) is 11.6. The number of hydrogen-bond donors (Lipinski definition) is 0. The molecule has 6 rings (SSSR count). The minimum absolute atomic E-state index is 0.0265. The Labute approximate surface area is 229 Å². The molecule has 0 N–H and O–H groups in total. The third-order valence-electron chi connectivity index (χ3n) is 8.37. The number of alkyl halides is 4. The van der Waals surface area contributed by atoms with Gasteiger partial charge >= 0.3 is 6.18 Å². The Balaban J connectivity index is 1.31. The van der Waals surface area contributed by atoms with Gasteiger partial charge in [0.1, 0.15) is 17.8 Å². The number of aryl methyl sites for hydroxylation is 1. The SMILES string of the molecule is Cn1cnnc1CC1(c2cccc(N3Cc4c(cc(CN5CCC[C@@](C)(F)C5)cc4C(F)(F)F)C3=O)c2)COC1. The first kappa shape index (κ1) is 26.9. The highest BCUT2D eigenvalue weighted by Crippen LogP contribution is 2.42. The van der Waals surface area contributed by atoms with Crippen LogP contribution in [-0.4, -0.2) is 57.5 Å². The molecule has 2 aromatic carbocycles. The van der Waals surface area contributed by atoms with Gasteiger partial charge in [0, 0.05) is 43.2 Å². The predicted octanol–water partition coefficient (Wildman–Crippen LogP) is 4.83. The summed E-state index contributed by atoms with van der Waals surface area (Å²) in [4.78, 5) is 16.8. The highest BCUT2D eigenvalue weighted by molar-refractivity contribution is 6.10. The van der Waals surface area contributed by atoms with Crippen molar-refractivity contribution in [2.45, 2.75) is 56.5 Å². The Morgan fingerprint density at radius 1 is 1.15 bits per heavy atom. The zero-order valence-electron chi connectivity index (χ0n) is 22.5. The number of anilines is 1. The van der Waals surface area contributed by atoms with Gasteiger partial charge < -0.3 is 14.2 Å². The van der Waals surface area contributed by atoms with Crippen molar-refractivity contribution in [2.75, 3.05) is 31.2 Å². The summed E-state index contributed by atoms with van der Waals surface area (Å²) < 4.78 is 64.7. The van der Waals surface area contributed by atoms with Crippen LogP contribution in [-0.2, 0) is 42.9 Å². The number of halogens is 4. The number of amides is 1. The van der Waals surface area contributed by atoms with Crippen LogP contribution < -0.4 is 4.90 Å². The van der Waals surface area contributed by atoms with Gasteiger partial charge in [-0.2, -0.15) is 13.2 Å². The summed E-state index contributed by atoms with van der Waals surface area (Å²) in [7, 11) is 1.87. The monoisotopic (exact) mass is 557 g/mol. The van der Waals surface area contributed by atoms with Gasteiger partial charge in [0.15, 0.2) is 0 Å². The molecule has 2 fully saturated rings. The van der Waals surface area contributed by atoms with Crippen LogP contribution >= 0.6 is 0 Å². The quantitative estimate of drug-likeness (QED) is 0.407. The van der Waals surface area contributed by atoms with Crippen molar-refractivity contribution in [1.29, 1.82) is 0 Å². The molecule has 4 heterocycles. The number of nitrogens with zero attached hydrogens (tertiary/aromatic N) is 5. The topological polar surface area (TPSA) is 63.5 Å². The number of fused-ring (bicyclic) bond motifs is 1. The van der Waals surface area contributed by atoms with Gasteiger partial charge in [-0.05, 0) is 67.3 Å². The zero-order chi connectivity index (χ0) is 28.3. The highest BCUT2D eigenvalue weighted by atomic mass is 19.4. The first-order valence-electron chi connectivity index (χ1n) is 13.4. The summed E-state index contributed by atoms with van der Waals surface area (Å²) >= 11 is 0. The largest absolute Gasteiger partial charge is 0.416 e. The lowest BCUT2D eigenvalue weighted by Gasteiger charge is -2.42. The minimum atomic E-state index is -4.63. The van der Waals surface area contributed by atoms with Crippen molar-refractivity contribution in [3.05, 3.63) is 76.4 Å². The Hall–Kier alpha value is -3.31. The first-order chi connectivity index (χ1) is 18.9. The molecule has 0 unspecified atom stereocenters. The van der Waals surface area contributed by atoms with Gasteiger partial charge in [0.2, 0.25) is 0 Å². The van der Waals surface area contributed by atoms with Crippen molar-refractivity contribution in [1.82, 2.24) is 19.7 Å². The molecule has 3 aliphatic heterocycles. The predicted molar refractivity (Wildman–Crippen MR) is 140 cm³/mol. The van der Waals surface area contributed by atoms with Crippen LogP contribution in [0, 0.1) is 0 Å². The first-order valence-corrected chi connectivity index (χ1v) is 13.4. The van der Waals surface area contributed by atoms with E-state index in [-0.39, 0.29) is 36.2 Å². The maximum absolute atomic E-state index is 14.6. The van der Waals surface area contributed by atoms with Crippen LogP contribution in [0.15, 0.2) is 42.7 Å². The van der Waals surface area contributed by atoms with Crippen LogP contribution in [0.3, 0.4) is 0 Å². The summed E-state index contributed by atoms with van der Waals surface area (Å²) in [5.74, 6) is 0.322. The molecule has 0 spiro atoms. The van der Waals surface area contributed by atoms with Crippen LogP contribution in [0.2, 0.25) is 0 Å². The third-order valence-corrected chi connectivity index (χ3v) is 8.37. The van der Waals surface area contributed by atoms with E-state index >= 15 is 0 Å². The fourth-order valence-corrected chi connectivity index (χ4v) is 6.20. The van der Waals surface area contributed by atoms with Gasteiger partial charge in [-0.25, -0.2) is 4.39 Å². The van der Waals surface area contributed by atoms with Crippen LogP contribution in [0.4, 0.5) is 23.2 Å². The molecule has 0 aliphatic carbocycles. The summed E-state index contributed by atoms with van der Waals surface area (Å²) in [6.45, 7) is 3.18. The Bertz CT molecular complexity index is 1450. The Kier molecular flexibility index (Phi) is 6.49. The van der Waals surface area contributed by atoms with E-state index in [0.29, 0.717) is 50.3 Å². The highest BCUT2D eigenvalue weighted by Gasteiger charge is 2.44. The molecule has 0 saturated carbocycles. The smallest absolute Gasteiger partial charge is 0.379 e. The number of ether oxygens (including phenoxy) is 1. The fraction of sp³-hybridized carbons (Fsp3) is 0.483. The number of aromatic nitrogens is 3. The van der Waals surface area contributed by atoms with Gasteiger partial charge in [0.05, 0.1) is 25.3 Å². The lowest BCUT2D eigenvalue weighted by Crippen LogP contribution is -2.49. The van der Waals surface area contributed by atoms with E-state index in [1.54, 1.807) is 18.5 Å². The molecule has 40 heavy (non-hydrogen) atoms. The van der Waals surface area contributed by atoms with E-state index in [0.717, 1.165) is 17.5 Å². The van der Waals surface area contributed by atoms with E-state index in [2.05, 4.69) is 10.2 Å². The number of benzene rings is 2. The van der Waals surface area contributed by atoms with Crippen LogP contribution in [0.1, 0.15) is 58.2 Å². The molecule has 0 bridgehead atoms. The van der Waals surface area contributed by atoms with E-state index < -0.39 is 23.3 Å². The molecule has 11 heteroatoms. The number of carbonyl (C=O) groups is 1. The van der Waals surface area contributed by atoms with Crippen molar-refractivity contribution in [2.24, 2.45) is 7.05 Å². The van der Waals surface area contributed by atoms with E-state index in [9.17, 15) is 22.4 Å². The minimum Gasteiger partial charge on any atom is -0.379 e. The van der Waals surface area contributed by atoms with Crippen LogP contribution in [0.5, 0.6) is 0 Å². The maximum Gasteiger partial charge on any atom is 0.416 e. The molecular weight excluding hydrogens is 526 g/mol. The van der Waals surface area contributed by atoms with Crippen LogP contribution in [0.25, 0.3) is 0 Å². The van der Waals surface area contributed by atoms with Crippen molar-refractivity contribution in [3.8, 4) is 0 Å². The Morgan fingerprint density at radius 3 is 2.60 bits per heavy atom. The molecule has 0 radical (unpaired) electrons. The average Bonchev–Trinajstić information content (AvgIpc) is 3.42. The molecule has 3 aliphatic rings. The molecule has 1 aromatic heterocycles. The standard InChI is InChI=1S/C29H31F4N5O2/c1-27(30)7-4-8-37(15-27)13-19-9-22-23(24(10-19)29(31,32)33)14-38(26(22)39)21-6-3-5-20(11-21)28(16-40-17-28)12-25-35-34-18-36(25)2/h3,5-6,9-11,18H,4,7-8,12-17H2,1-2H3/t27-/m1/s1. The lowest BCUT2D eigenvalue weighted by atomic mass is 9.75. The van der Waals surface area contributed by atoms with Gasteiger partial charge in [-0.15, -0.1) is 10.2 Å². The van der Waals surface area contributed by atoms with E-state index in [1.807, 2.05) is 34.7 Å². The molecule has 1 atom stereocenters. The molecule has 7 nitrogen and oxygen atoms in total. The zero-order valence-corrected chi connectivity index (χ0v) is 22.5. The number of hydrogen-bond acceptors (Lipinski definition) is 5. The molecule has 3 aromatic rings. The fourth-order valence-electron chi connectivity index (χ4n) is 6.20. The number of likely N-dealkylation sites (tertiary alicyclic amines) is 1. The number of carbonyl (C=O) groups excluding carboxylic acids is 1. The molecular formula is C29H31F4N5O2. The molecule has 2 saturated heterocycles. The molecule has 212 valence electrons. The van der Waals surface area contributed by atoms with Gasteiger partial charge in [0.25, 0.3) is 5.91 Å². The van der Waals surface area contributed by atoms with E-state index in [4.69, 9.17) is 4.74 Å². The normalized spacial score (nSPS) is 22.9. The molecule has 1 amide bonds. The Morgan fingerprint density at radius 2 is 1.95 bits per heavy atom. The summed E-state index contributed by atoms with van der Waals surface area (Å²) in [5, 5.41) is 8.16. The average molecular weight is 558 g/mol. The van der Waals surface area contributed by atoms with Crippen molar-refractivity contribution in [3.63, 3.8) is 0 Å². The number of rotatable bonds is 6. The summed E-state index contributed by atoms with van der Waals surface area (Å²) in [5.41, 5.74) is -0.705. The third kappa shape index (κ3) is 4.89. The maximum atomic E-state index is 14.6.